The van der Waals surface area contributed by atoms with Crippen molar-refractivity contribution >= 4 is 16.9 Å². The molecule has 2 rings (SSSR count). The van der Waals surface area contributed by atoms with Crippen LogP contribution in [-0.4, -0.2) is 21.9 Å². The maximum absolute atomic E-state index is 11.3. The number of carbonyl (C=O) groups is 1. The van der Waals surface area contributed by atoms with Crippen molar-refractivity contribution in [2.45, 2.75) is 19.0 Å². The summed E-state index contributed by atoms with van der Waals surface area (Å²) in [4.78, 5) is 15.2. The summed E-state index contributed by atoms with van der Waals surface area (Å²) in [5.74, 6) is 0.951. The molecule has 1 fully saturated rings. The number of rotatable bonds is 3. The minimum absolute atomic E-state index is 0.0492. The molecule has 1 aromatic heterocycles. The van der Waals surface area contributed by atoms with Crippen LogP contribution in [0.3, 0.4) is 0 Å². The fourth-order valence-electron chi connectivity index (χ4n) is 1.42. The zero-order chi connectivity index (χ0) is 9.80. The fraction of sp³-hybridized carbons (Fsp3) is 0.400. The first-order valence-electron chi connectivity index (χ1n) is 4.65. The molecule has 0 radical (unpaired) electrons. The maximum atomic E-state index is 11.3. The Balaban J connectivity index is 1.85. The van der Waals surface area contributed by atoms with E-state index in [1.54, 1.807) is 12.4 Å². The lowest BCUT2D eigenvalue weighted by Crippen LogP contribution is -2.31. The standard InChI is InChI=1S/C10H12N2OS/c13-10-9(3-6-14-10)12-7-8-1-4-11-5-2-8/h1-2,4-5,9,12H,3,6-7H2. The number of nitrogens with zero attached hydrogens (tertiary/aromatic N) is 1. The molecule has 0 aromatic carbocycles. The first-order valence-corrected chi connectivity index (χ1v) is 5.64. The van der Waals surface area contributed by atoms with E-state index in [0.29, 0.717) is 0 Å². The summed E-state index contributed by atoms with van der Waals surface area (Å²) in [6.45, 7) is 0.749. The molecule has 0 amide bonds. The van der Waals surface area contributed by atoms with Gasteiger partial charge in [-0.05, 0) is 24.1 Å². The Morgan fingerprint density at radius 2 is 2.29 bits per heavy atom. The number of thioether (sulfide) groups is 1. The Labute approximate surface area is 87.3 Å². The van der Waals surface area contributed by atoms with E-state index in [2.05, 4.69) is 10.3 Å². The Kier molecular flexibility index (Phi) is 3.16. The van der Waals surface area contributed by atoms with Crippen LogP contribution in [0.15, 0.2) is 24.5 Å². The monoisotopic (exact) mass is 208 g/mol. The lowest BCUT2D eigenvalue weighted by atomic mass is 10.2. The molecule has 2 heterocycles. The lowest BCUT2D eigenvalue weighted by Gasteiger charge is -2.09. The van der Waals surface area contributed by atoms with E-state index >= 15 is 0 Å². The molecule has 0 saturated carbocycles. The molecule has 1 saturated heterocycles. The summed E-state index contributed by atoms with van der Waals surface area (Å²) in [5, 5.41) is 3.53. The van der Waals surface area contributed by atoms with Gasteiger partial charge in [-0.2, -0.15) is 0 Å². The molecule has 1 unspecified atom stereocenters. The first kappa shape index (κ1) is 9.68. The number of carbonyl (C=O) groups excluding carboxylic acids is 1. The molecule has 3 nitrogen and oxygen atoms in total. The van der Waals surface area contributed by atoms with E-state index in [1.807, 2.05) is 12.1 Å². The maximum Gasteiger partial charge on any atom is 0.205 e. The van der Waals surface area contributed by atoms with Gasteiger partial charge >= 0.3 is 0 Å². The minimum atomic E-state index is 0.0492. The van der Waals surface area contributed by atoms with E-state index in [9.17, 15) is 4.79 Å². The van der Waals surface area contributed by atoms with Gasteiger partial charge in [0.05, 0.1) is 6.04 Å². The zero-order valence-electron chi connectivity index (χ0n) is 7.77. The van der Waals surface area contributed by atoms with E-state index in [1.165, 1.54) is 17.3 Å². The minimum Gasteiger partial charge on any atom is -0.303 e. The second-order valence-corrected chi connectivity index (χ2v) is 4.34. The third-order valence-corrected chi connectivity index (χ3v) is 3.25. The first-order chi connectivity index (χ1) is 6.86. The highest BCUT2D eigenvalue weighted by Crippen LogP contribution is 2.19. The van der Waals surface area contributed by atoms with E-state index in [4.69, 9.17) is 0 Å². The van der Waals surface area contributed by atoms with Gasteiger partial charge in [0, 0.05) is 24.7 Å². The number of hydrogen-bond donors (Lipinski definition) is 1. The van der Waals surface area contributed by atoms with Gasteiger partial charge in [-0.15, -0.1) is 0 Å². The molecule has 14 heavy (non-hydrogen) atoms. The molecule has 0 aliphatic carbocycles. The summed E-state index contributed by atoms with van der Waals surface area (Å²) in [5.41, 5.74) is 1.17. The highest BCUT2D eigenvalue weighted by atomic mass is 32.2. The van der Waals surface area contributed by atoms with Gasteiger partial charge in [0.15, 0.2) is 0 Å². The van der Waals surface area contributed by atoms with Gasteiger partial charge in [0.1, 0.15) is 0 Å². The van der Waals surface area contributed by atoms with Gasteiger partial charge in [0.2, 0.25) is 5.12 Å². The molecule has 1 aliphatic rings. The SMILES string of the molecule is O=C1SCCC1NCc1ccncc1. The average molecular weight is 208 g/mol. The van der Waals surface area contributed by atoms with Crippen molar-refractivity contribution in [3.8, 4) is 0 Å². The summed E-state index contributed by atoms with van der Waals surface area (Å²) in [7, 11) is 0. The predicted molar refractivity (Wildman–Crippen MR) is 56.9 cm³/mol. The van der Waals surface area contributed by atoms with Gasteiger partial charge in [0.25, 0.3) is 0 Å². The van der Waals surface area contributed by atoms with E-state index in [-0.39, 0.29) is 11.2 Å². The van der Waals surface area contributed by atoms with Gasteiger partial charge in [-0.1, -0.05) is 11.8 Å². The molecule has 1 N–H and O–H groups in total. The second-order valence-electron chi connectivity index (χ2n) is 3.25. The van der Waals surface area contributed by atoms with Crippen LogP contribution in [-0.2, 0) is 11.3 Å². The van der Waals surface area contributed by atoms with Crippen molar-refractivity contribution < 1.29 is 4.79 Å². The van der Waals surface area contributed by atoms with Crippen molar-refractivity contribution in [3.05, 3.63) is 30.1 Å². The van der Waals surface area contributed by atoms with Gasteiger partial charge in [-0.25, -0.2) is 0 Å². The third-order valence-electron chi connectivity index (χ3n) is 2.24. The number of hydrogen-bond acceptors (Lipinski definition) is 4. The van der Waals surface area contributed by atoms with Crippen molar-refractivity contribution in [3.63, 3.8) is 0 Å². The average Bonchev–Trinajstić information content (AvgIpc) is 2.63. The summed E-state index contributed by atoms with van der Waals surface area (Å²) < 4.78 is 0. The van der Waals surface area contributed by atoms with Crippen LogP contribution in [0.5, 0.6) is 0 Å². The van der Waals surface area contributed by atoms with E-state index < -0.39 is 0 Å². The summed E-state index contributed by atoms with van der Waals surface area (Å²) in [6.07, 6.45) is 4.49. The molecule has 1 aliphatic heterocycles. The summed E-state index contributed by atoms with van der Waals surface area (Å²) in [6, 6.07) is 3.97. The molecular weight excluding hydrogens is 196 g/mol. The Morgan fingerprint density at radius 3 is 2.93 bits per heavy atom. The lowest BCUT2D eigenvalue weighted by molar-refractivity contribution is -0.112. The smallest absolute Gasteiger partial charge is 0.205 e. The highest BCUT2D eigenvalue weighted by molar-refractivity contribution is 8.14. The molecule has 1 atom stereocenters. The van der Waals surface area contributed by atoms with Crippen LogP contribution >= 0.6 is 11.8 Å². The molecular formula is C10H12N2OS. The van der Waals surface area contributed by atoms with Crippen LogP contribution in [0.25, 0.3) is 0 Å². The van der Waals surface area contributed by atoms with Gasteiger partial charge < -0.3 is 5.32 Å². The topological polar surface area (TPSA) is 42.0 Å². The Bertz CT molecular complexity index is 315. The highest BCUT2D eigenvalue weighted by Gasteiger charge is 2.24. The van der Waals surface area contributed by atoms with Crippen molar-refractivity contribution in [1.82, 2.24) is 10.3 Å². The fourth-order valence-corrected chi connectivity index (χ4v) is 2.38. The quantitative estimate of drug-likeness (QED) is 0.810. The number of nitrogens with one attached hydrogen (secondary N) is 1. The molecule has 0 bridgehead atoms. The van der Waals surface area contributed by atoms with Gasteiger partial charge in [-0.3, -0.25) is 9.78 Å². The predicted octanol–water partition coefficient (Wildman–Crippen LogP) is 1.20. The van der Waals surface area contributed by atoms with Crippen molar-refractivity contribution in [2.75, 3.05) is 5.75 Å². The van der Waals surface area contributed by atoms with Crippen LogP contribution in [0.2, 0.25) is 0 Å². The third kappa shape index (κ3) is 2.33. The van der Waals surface area contributed by atoms with E-state index in [0.717, 1.165) is 18.7 Å². The van der Waals surface area contributed by atoms with Crippen molar-refractivity contribution in [1.29, 1.82) is 0 Å². The number of pyridine rings is 1. The number of aromatic nitrogens is 1. The van der Waals surface area contributed by atoms with Crippen LogP contribution in [0.1, 0.15) is 12.0 Å². The molecule has 74 valence electrons. The van der Waals surface area contributed by atoms with Crippen LogP contribution < -0.4 is 5.32 Å². The summed E-state index contributed by atoms with van der Waals surface area (Å²) >= 11 is 1.43. The second kappa shape index (κ2) is 4.57. The normalized spacial score (nSPS) is 21.4. The Morgan fingerprint density at radius 1 is 1.50 bits per heavy atom. The zero-order valence-corrected chi connectivity index (χ0v) is 8.59. The Hall–Kier alpha value is -0.870. The largest absolute Gasteiger partial charge is 0.303 e. The molecule has 4 heteroatoms. The van der Waals surface area contributed by atoms with Crippen molar-refractivity contribution in [2.24, 2.45) is 0 Å². The molecule has 1 aromatic rings. The van der Waals surface area contributed by atoms with Crippen LogP contribution in [0.4, 0.5) is 0 Å². The molecule has 0 spiro atoms. The van der Waals surface area contributed by atoms with Crippen LogP contribution in [0, 0.1) is 0 Å².